The van der Waals surface area contributed by atoms with Gasteiger partial charge in [0, 0.05) is 17.1 Å². The molecule has 1 aromatic heterocycles. The molecule has 0 saturated carbocycles. The molecule has 2 unspecified atom stereocenters. The van der Waals surface area contributed by atoms with Gasteiger partial charge in [-0.2, -0.15) is 0 Å². The second-order valence-corrected chi connectivity index (χ2v) is 3.77. The van der Waals surface area contributed by atoms with Crippen LogP contribution >= 0.6 is 0 Å². The molecule has 1 heterocycles. The third-order valence-electron chi connectivity index (χ3n) is 2.58. The first kappa shape index (κ1) is 11.5. The number of carbonyl (C=O) groups is 1. The summed E-state index contributed by atoms with van der Waals surface area (Å²) in [7, 11) is 0. The van der Waals surface area contributed by atoms with Gasteiger partial charge < -0.3 is 15.9 Å². The number of pyridine rings is 1. The van der Waals surface area contributed by atoms with E-state index in [0.29, 0.717) is 5.56 Å². The van der Waals surface area contributed by atoms with Crippen LogP contribution in [0.2, 0.25) is 0 Å². The molecule has 0 radical (unpaired) electrons. The lowest BCUT2D eigenvalue weighted by molar-refractivity contribution is -0.141. The van der Waals surface area contributed by atoms with Gasteiger partial charge in [-0.25, -0.2) is 0 Å². The number of carboxylic acid groups (broad SMARTS) is 1. The van der Waals surface area contributed by atoms with Gasteiger partial charge in [0.15, 0.2) is 0 Å². The molecule has 0 aliphatic rings. The summed E-state index contributed by atoms with van der Waals surface area (Å²) >= 11 is 0. The highest BCUT2D eigenvalue weighted by Gasteiger charge is 2.23. The van der Waals surface area contributed by atoms with E-state index in [1.807, 2.05) is 24.3 Å². The highest BCUT2D eigenvalue weighted by Crippen LogP contribution is 2.19. The Hall–Kier alpha value is -1.98. The Labute approximate surface area is 97.5 Å². The van der Waals surface area contributed by atoms with E-state index in [-0.39, 0.29) is 0 Å². The fourth-order valence-corrected chi connectivity index (χ4v) is 1.59. The number of aliphatic carboxylic acids is 1. The number of nitrogens with zero attached hydrogens (tertiary/aromatic N) is 1. The number of para-hydroxylation sites is 1. The number of aliphatic hydroxyl groups excluding tert-OH is 1. The summed E-state index contributed by atoms with van der Waals surface area (Å²) < 4.78 is 0. The minimum Gasteiger partial charge on any atom is -0.480 e. The Kier molecular flexibility index (Phi) is 3.03. The van der Waals surface area contributed by atoms with Crippen molar-refractivity contribution in [3.05, 3.63) is 42.1 Å². The normalized spacial score (nSPS) is 14.5. The Morgan fingerprint density at radius 1 is 1.35 bits per heavy atom. The van der Waals surface area contributed by atoms with Crippen LogP contribution in [0.3, 0.4) is 0 Å². The van der Waals surface area contributed by atoms with E-state index in [1.165, 1.54) is 6.20 Å². The number of nitrogens with two attached hydrogens (primary N) is 1. The zero-order valence-electron chi connectivity index (χ0n) is 8.95. The van der Waals surface area contributed by atoms with Gasteiger partial charge >= 0.3 is 5.97 Å². The van der Waals surface area contributed by atoms with Crippen molar-refractivity contribution in [1.82, 2.24) is 4.98 Å². The fourth-order valence-electron chi connectivity index (χ4n) is 1.59. The van der Waals surface area contributed by atoms with Crippen molar-refractivity contribution in [2.45, 2.75) is 12.1 Å². The molecular formula is C12H12N2O3. The van der Waals surface area contributed by atoms with Gasteiger partial charge in [0.05, 0.1) is 5.52 Å². The van der Waals surface area contributed by atoms with E-state index in [9.17, 15) is 9.90 Å². The third-order valence-corrected chi connectivity index (χ3v) is 2.58. The van der Waals surface area contributed by atoms with Crippen molar-refractivity contribution in [2.24, 2.45) is 5.73 Å². The van der Waals surface area contributed by atoms with E-state index in [1.54, 1.807) is 6.07 Å². The second-order valence-electron chi connectivity index (χ2n) is 3.77. The van der Waals surface area contributed by atoms with Gasteiger partial charge in [0.1, 0.15) is 12.1 Å². The van der Waals surface area contributed by atoms with Gasteiger partial charge in [-0.3, -0.25) is 9.78 Å². The van der Waals surface area contributed by atoms with Crippen molar-refractivity contribution < 1.29 is 15.0 Å². The number of aliphatic hydroxyl groups is 1. The van der Waals surface area contributed by atoms with Gasteiger partial charge in [-0.15, -0.1) is 0 Å². The molecule has 0 bridgehead atoms. The molecule has 0 aliphatic heterocycles. The first-order chi connectivity index (χ1) is 8.09. The summed E-state index contributed by atoms with van der Waals surface area (Å²) in [6, 6.07) is 7.72. The van der Waals surface area contributed by atoms with Crippen LogP contribution in [0.25, 0.3) is 10.9 Å². The van der Waals surface area contributed by atoms with Crippen LogP contribution < -0.4 is 5.73 Å². The molecule has 5 heteroatoms. The van der Waals surface area contributed by atoms with Crippen molar-refractivity contribution in [1.29, 1.82) is 0 Å². The van der Waals surface area contributed by atoms with E-state index >= 15 is 0 Å². The summed E-state index contributed by atoms with van der Waals surface area (Å²) in [4.78, 5) is 14.8. The van der Waals surface area contributed by atoms with Crippen LogP contribution in [-0.4, -0.2) is 27.2 Å². The molecular weight excluding hydrogens is 220 g/mol. The largest absolute Gasteiger partial charge is 0.480 e. The molecule has 1 aromatic carbocycles. The molecule has 0 saturated heterocycles. The second kappa shape index (κ2) is 4.48. The number of fused-ring (bicyclic) bond motifs is 1. The average Bonchev–Trinajstić information content (AvgIpc) is 2.36. The predicted molar refractivity (Wildman–Crippen MR) is 62.3 cm³/mol. The van der Waals surface area contributed by atoms with Gasteiger partial charge in [-0.05, 0) is 12.1 Å². The van der Waals surface area contributed by atoms with E-state index in [2.05, 4.69) is 4.98 Å². The summed E-state index contributed by atoms with van der Waals surface area (Å²) in [6.07, 6.45) is 0.181. The maximum Gasteiger partial charge on any atom is 0.323 e. The smallest absolute Gasteiger partial charge is 0.323 e. The Bertz CT molecular complexity index is 556. The van der Waals surface area contributed by atoms with Crippen LogP contribution in [0, 0.1) is 0 Å². The van der Waals surface area contributed by atoms with Crippen LogP contribution in [0.1, 0.15) is 11.7 Å². The first-order valence-corrected chi connectivity index (χ1v) is 5.11. The maximum absolute atomic E-state index is 10.7. The zero-order valence-corrected chi connectivity index (χ0v) is 8.95. The third kappa shape index (κ3) is 2.25. The summed E-state index contributed by atoms with van der Waals surface area (Å²) in [6.45, 7) is 0. The van der Waals surface area contributed by atoms with E-state index in [4.69, 9.17) is 10.8 Å². The monoisotopic (exact) mass is 232 g/mol. The maximum atomic E-state index is 10.7. The Balaban J connectivity index is 2.39. The molecule has 2 aromatic rings. The quantitative estimate of drug-likeness (QED) is 0.723. The minimum atomic E-state index is -1.35. The van der Waals surface area contributed by atoms with Gasteiger partial charge in [0.25, 0.3) is 0 Å². The molecule has 0 amide bonds. The number of carboxylic acids is 1. The molecule has 2 rings (SSSR count). The van der Waals surface area contributed by atoms with Gasteiger partial charge in [0.2, 0.25) is 0 Å². The van der Waals surface area contributed by atoms with Crippen LogP contribution in [0.5, 0.6) is 0 Å². The summed E-state index contributed by atoms with van der Waals surface area (Å²) in [5, 5.41) is 19.3. The summed E-state index contributed by atoms with van der Waals surface area (Å²) in [5.41, 5.74) is 6.54. The molecule has 88 valence electrons. The molecule has 5 nitrogen and oxygen atoms in total. The fraction of sp³-hybridized carbons (Fsp3) is 0.167. The number of rotatable bonds is 3. The highest BCUT2D eigenvalue weighted by molar-refractivity contribution is 5.79. The first-order valence-electron chi connectivity index (χ1n) is 5.11. The van der Waals surface area contributed by atoms with Crippen LogP contribution in [0.15, 0.2) is 36.5 Å². The topological polar surface area (TPSA) is 96.4 Å². The highest BCUT2D eigenvalue weighted by atomic mass is 16.4. The Morgan fingerprint density at radius 2 is 2.06 bits per heavy atom. The molecule has 0 fully saturated rings. The molecule has 17 heavy (non-hydrogen) atoms. The lowest BCUT2D eigenvalue weighted by atomic mass is 10.0. The van der Waals surface area contributed by atoms with E-state index < -0.39 is 18.1 Å². The van der Waals surface area contributed by atoms with Crippen molar-refractivity contribution >= 4 is 16.9 Å². The SMILES string of the molecule is NC(C(=O)O)C(O)c1cnc2ccccc2c1. The summed E-state index contributed by atoms with van der Waals surface area (Å²) in [5.74, 6) is -1.24. The molecule has 0 aliphatic carbocycles. The van der Waals surface area contributed by atoms with E-state index in [0.717, 1.165) is 10.9 Å². The number of hydrogen-bond acceptors (Lipinski definition) is 4. The van der Waals surface area contributed by atoms with Crippen LogP contribution in [0.4, 0.5) is 0 Å². The standard InChI is InChI=1S/C12H12N2O3/c13-10(12(16)17)11(15)8-5-7-3-1-2-4-9(7)14-6-8/h1-6,10-11,15H,13H2,(H,16,17). The number of aromatic nitrogens is 1. The predicted octanol–water partition coefficient (Wildman–Crippen LogP) is 0.680. The Morgan fingerprint density at radius 3 is 2.76 bits per heavy atom. The molecule has 4 N–H and O–H groups in total. The molecule has 2 atom stereocenters. The van der Waals surface area contributed by atoms with Crippen molar-refractivity contribution in [3.8, 4) is 0 Å². The van der Waals surface area contributed by atoms with Crippen molar-refractivity contribution in [3.63, 3.8) is 0 Å². The van der Waals surface area contributed by atoms with Crippen LogP contribution in [-0.2, 0) is 4.79 Å². The van der Waals surface area contributed by atoms with Gasteiger partial charge in [-0.1, -0.05) is 18.2 Å². The average molecular weight is 232 g/mol. The lowest BCUT2D eigenvalue weighted by Gasteiger charge is -2.15. The lowest BCUT2D eigenvalue weighted by Crippen LogP contribution is -2.36. The molecule has 0 spiro atoms. The number of benzene rings is 1. The zero-order chi connectivity index (χ0) is 12.4. The van der Waals surface area contributed by atoms with Crippen molar-refractivity contribution in [2.75, 3.05) is 0 Å². The number of hydrogen-bond donors (Lipinski definition) is 3. The minimum absolute atomic E-state index is 0.401.